The Labute approximate surface area is 404 Å². The van der Waals surface area contributed by atoms with Crippen LogP contribution in [0.1, 0.15) is 117 Å². The van der Waals surface area contributed by atoms with Crippen LogP contribution in [0.25, 0.3) is 0 Å². The Hall–Kier alpha value is -3.84. The number of unbranched alkanes of at least 4 members (excludes halogenated alkanes) is 3. The van der Waals surface area contributed by atoms with E-state index in [-0.39, 0.29) is 19.4 Å². The highest BCUT2D eigenvalue weighted by molar-refractivity contribution is 5.70. The third kappa shape index (κ3) is 26.8. The zero-order chi connectivity index (χ0) is 49.6. The average Bonchev–Trinajstić information content (AvgIpc) is 3.33. The number of esters is 2. The SMILES string of the molecule is CC/C=C\C/C=C\C/C=C\C/C=C\C/C=C\CCCC(=O)OC(COC(=O)CCCC/C=C\C/C=C\C/C=C\C/C=C\CC)COC1OC(COC2OC(CO)C(O)C(O)C2O)C(O)C(O)C1O. The Balaban J connectivity index is 1.88. The lowest BCUT2D eigenvalue weighted by Crippen LogP contribution is -2.61. The first-order chi connectivity index (χ1) is 33.0. The smallest absolute Gasteiger partial charge is 0.306 e. The number of rotatable bonds is 35. The fourth-order valence-corrected chi connectivity index (χ4v) is 6.77. The van der Waals surface area contributed by atoms with Crippen molar-refractivity contribution in [2.45, 2.75) is 184 Å². The van der Waals surface area contributed by atoms with Crippen LogP contribution in [0.3, 0.4) is 0 Å². The van der Waals surface area contributed by atoms with E-state index >= 15 is 0 Å². The average molecular weight is 959 g/mol. The lowest BCUT2D eigenvalue weighted by atomic mass is 9.98. The number of hydrogen-bond donors (Lipinski definition) is 7. The predicted octanol–water partition coefficient (Wildman–Crippen LogP) is 6.37. The molecule has 0 aromatic rings. The maximum absolute atomic E-state index is 13.0. The van der Waals surface area contributed by atoms with Crippen LogP contribution in [0.15, 0.2) is 109 Å². The van der Waals surface area contributed by atoms with Gasteiger partial charge in [0, 0.05) is 12.8 Å². The van der Waals surface area contributed by atoms with Crippen molar-refractivity contribution in [1.29, 1.82) is 0 Å². The number of carbonyl (C=O) groups is 2. The molecule has 15 nitrogen and oxygen atoms in total. The van der Waals surface area contributed by atoms with Crippen molar-refractivity contribution in [3.05, 3.63) is 109 Å². The largest absolute Gasteiger partial charge is 0.462 e. The molecule has 384 valence electrons. The summed E-state index contributed by atoms with van der Waals surface area (Å²) >= 11 is 0. The first kappa shape index (κ1) is 60.3. The number of carbonyl (C=O) groups excluding carboxylic acids is 2. The molecule has 11 unspecified atom stereocenters. The summed E-state index contributed by atoms with van der Waals surface area (Å²) in [5.41, 5.74) is 0. The summed E-state index contributed by atoms with van der Waals surface area (Å²) in [5.74, 6) is -1.06. The maximum Gasteiger partial charge on any atom is 0.306 e. The van der Waals surface area contributed by atoms with E-state index < -0.39 is 99.3 Å². The molecule has 7 N–H and O–H groups in total. The first-order valence-electron chi connectivity index (χ1n) is 24.5. The van der Waals surface area contributed by atoms with Crippen LogP contribution in [-0.2, 0) is 38.0 Å². The fraction of sp³-hybridized carbons (Fsp3) is 0.623. The van der Waals surface area contributed by atoms with Gasteiger partial charge in [-0.25, -0.2) is 0 Å². The van der Waals surface area contributed by atoms with E-state index in [0.717, 1.165) is 70.6 Å². The van der Waals surface area contributed by atoms with E-state index in [2.05, 4.69) is 111 Å². The minimum absolute atomic E-state index is 0.0703. The minimum atomic E-state index is -1.79. The van der Waals surface area contributed by atoms with Crippen molar-refractivity contribution >= 4 is 11.9 Å². The third-order valence-corrected chi connectivity index (χ3v) is 10.7. The molecular formula is C53H82O15. The normalized spacial score (nSPS) is 26.7. The molecule has 11 atom stereocenters. The van der Waals surface area contributed by atoms with Crippen molar-refractivity contribution < 1.29 is 73.8 Å². The highest BCUT2D eigenvalue weighted by Crippen LogP contribution is 2.26. The molecule has 2 heterocycles. The van der Waals surface area contributed by atoms with Crippen LogP contribution in [0, 0.1) is 0 Å². The van der Waals surface area contributed by atoms with Gasteiger partial charge in [0.15, 0.2) is 18.7 Å². The number of allylic oxidation sites excluding steroid dienone is 18. The summed E-state index contributed by atoms with van der Waals surface area (Å²) in [5, 5.41) is 72.0. The topological polar surface area (TPSA) is 231 Å². The Bertz CT molecular complexity index is 1600. The highest BCUT2D eigenvalue weighted by atomic mass is 16.7. The summed E-state index contributed by atoms with van der Waals surface area (Å²) in [6.07, 6.45) is 32.7. The molecule has 0 aromatic heterocycles. The molecular weight excluding hydrogens is 877 g/mol. The Morgan fingerprint density at radius 2 is 0.882 bits per heavy atom. The number of hydrogen-bond acceptors (Lipinski definition) is 15. The van der Waals surface area contributed by atoms with Crippen LogP contribution in [-0.4, -0.2) is 142 Å². The van der Waals surface area contributed by atoms with Crippen molar-refractivity contribution in [2.75, 3.05) is 26.4 Å². The van der Waals surface area contributed by atoms with Crippen LogP contribution in [0.4, 0.5) is 0 Å². The van der Waals surface area contributed by atoms with E-state index in [0.29, 0.717) is 19.3 Å². The van der Waals surface area contributed by atoms with E-state index in [1.54, 1.807) is 0 Å². The molecule has 0 radical (unpaired) electrons. The lowest BCUT2D eigenvalue weighted by Gasteiger charge is -2.42. The second-order valence-electron chi connectivity index (χ2n) is 16.5. The molecule has 2 fully saturated rings. The molecule has 2 rings (SSSR count). The highest BCUT2D eigenvalue weighted by Gasteiger charge is 2.47. The van der Waals surface area contributed by atoms with Gasteiger partial charge in [0.05, 0.1) is 19.8 Å². The van der Waals surface area contributed by atoms with E-state index in [4.69, 9.17) is 28.4 Å². The lowest BCUT2D eigenvalue weighted by molar-refractivity contribution is -0.332. The molecule has 68 heavy (non-hydrogen) atoms. The van der Waals surface area contributed by atoms with Crippen LogP contribution in [0.2, 0.25) is 0 Å². The van der Waals surface area contributed by atoms with Crippen molar-refractivity contribution in [3.63, 3.8) is 0 Å². The van der Waals surface area contributed by atoms with E-state index in [9.17, 15) is 45.3 Å². The monoisotopic (exact) mass is 959 g/mol. The third-order valence-electron chi connectivity index (χ3n) is 10.7. The van der Waals surface area contributed by atoms with Gasteiger partial charge in [0.1, 0.15) is 55.4 Å². The van der Waals surface area contributed by atoms with Crippen molar-refractivity contribution in [1.82, 2.24) is 0 Å². The quantitative estimate of drug-likeness (QED) is 0.0208. The number of aliphatic hydroxyl groups is 7. The molecule has 15 heteroatoms. The molecule has 0 aromatic carbocycles. The van der Waals surface area contributed by atoms with Crippen LogP contribution < -0.4 is 0 Å². The van der Waals surface area contributed by atoms with Gasteiger partial charge in [-0.15, -0.1) is 0 Å². The van der Waals surface area contributed by atoms with Gasteiger partial charge >= 0.3 is 11.9 Å². The van der Waals surface area contributed by atoms with Crippen molar-refractivity contribution in [2.24, 2.45) is 0 Å². The van der Waals surface area contributed by atoms with Gasteiger partial charge in [-0.3, -0.25) is 9.59 Å². The molecule has 2 aliphatic rings. The Kier molecular flexibility index (Phi) is 34.5. The fourth-order valence-electron chi connectivity index (χ4n) is 6.77. The van der Waals surface area contributed by atoms with Crippen LogP contribution in [0.5, 0.6) is 0 Å². The van der Waals surface area contributed by atoms with Gasteiger partial charge in [0.25, 0.3) is 0 Å². The molecule has 0 spiro atoms. The zero-order valence-electron chi connectivity index (χ0n) is 40.3. The van der Waals surface area contributed by atoms with Gasteiger partial charge in [-0.05, 0) is 89.9 Å². The standard InChI is InChI=1S/C53H82O15/c1-3-5-7-9-11-13-15-17-19-20-22-24-26-28-30-32-34-36-45(56)66-41(38-63-44(55)35-33-31-29-27-25-23-21-18-16-14-12-10-8-6-4-2)39-64-52-51(62)49(60)47(58)43(68-52)40-65-53-50(61)48(59)46(57)42(37-54)67-53/h5-8,11-14,17-19,21-22,24-25,27-28,30,41-43,46-54,57-62H,3-4,9-10,15-16,20,23,26,29,31-40H2,1-2H3/b7-5-,8-6-,13-11-,14-12-,19-17-,21-18-,24-22-,27-25-,30-28-. The van der Waals surface area contributed by atoms with Crippen LogP contribution >= 0.6 is 0 Å². The van der Waals surface area contributed by atoms with Gasteiger partial charge in [0.2, 0.25) is 0 Å². The predicted molar refractivity (Wildman–Crippen MR) is 261 cm³/mol. The molecule has 0 amide bonds. The first-order valence-corrected chi connectivity index (χ1v) is 24.5. The summed E-state index contributed by atoms with van der Waals surface area (Å²) in [6.45, 7) is 2.21. The summed E-state index contributed by atoms with van der Waals surface area (Å²) in [7, 11) is 0. The molecule has 0 bridgehead atoms. The van der Waals surface area contributed by atoms with Gasteiger partial charge < -0.3 is 64.2 Å². The maximum atomic E-state index is 13.0. The zero-order valence-corrected chi connectivity index (χ0v) is 40.3. The molecule has 2 aliphatic heterocycles. The van der Waals surface area contributed by atoms with Gasteiger partial charge in [-0.2, -0.15) is 0 Å². The van der Waals surface area contributed by atoms with E-state index in [1.807, 2.05) is 12.2 Å². The minimum Gasteiger partial charge on any atom is -0.462 e. The Morgan fingerprint density at radius 3 is 1.37 bits per heavy atom. The molecule has 0 aliphatic carbocycles. The molecule has 2 saturated heterocycles. The summed E-state index contributed by atoms with van der Waals surface area (Å²) < 4.78 is 33.4. The second kappa shape index (κ2) is 38.9. The number of ether oxygens (including phenoxy) is 6. The summed E-state index contributed by atoms with van der Waals surface area (Å²) in [4.78, 5) is 25.7. The van der Waals surface area contributed by atoms with Gasteiger partial charge in [-0.1, -0.05) is 123 Å². The Morgan fingerprint density at radius 1 is 0.471 bits per heavy atom. The second-order valence-corrected chi connectivity index (χ2v) is 16.5. The number of aliphatic hydroxyl groups excluding tert-OH is 7. The van der Waals surface area contributed by atoms with Crippen molar-refractivity contribution in [3.8, 4) is 0 Å². The van der Waals surface area contributed by atoms with E-state index in [1.165, 1.54) is 0 Å². The summed E-state index contributed by atoms with van der Waals surface area (Å²) in [6, 6.07) is 0. The molecule has 0 saturated carbocycles.